The molecule has 0 N–H and O–H groups in total. The van der Waals surface area contributed by atoms with Crippen LogP contribution in [0.5, 0.6) is 11.5 Å². The van der Waals surface area contributed by atoms with E-state index in [1.54, 1.807) is 6.07 Å². The van der Waals surface area contributed by atoms with Gasteiger partial charge in [-0.25, -0.2) is 0 Å². The number of nitrogens with zero attached hydrogens (tertiary/aromatic N) is 1. The van der Waals surface area contributed by atoms with Crippen LogP contribution in [0.3, 0.4) is 0 Å². The van der Waals surface area contributed by atoms with Crippen LogP contribution in [0.2, 0.25) is 0 Å². The zero-order valence-electron chi connectivity index (χ0n) is 9.10. The van der Waals surface area contributed by atoms with Gasteiger partial charge in [-0.05, 0) is 23.8 Å². The van der Waals surface area contributed by atoms with Gasteiger partial charge in [-0.3, -0.25) is 10.1 Å². The van der Waals surface area contributed by atoms with Crippen LogP contribution in [0.15, 0.2) is 12.1 Å². The molecule has 1 rings (SSSR count). The molecule has 1 aromatic rings. The van der Waals surface area contributed by atoms with Gasteiger partial charge in [0.2, 0.25) is 5.75 Å². The van der Waals surface area contributed by atoms with Crippen LogP contribution in [-0.4, -0.2) is 24.9 Å². The summed E-state index contributed by atoms with van der Waals surface area (Å²) in [5.41, 5.74) is 0.720. The van der Waals surface area contributed by atoms with Gasteiger partial charge >= 0.3 is 5.69 Å². The van der Waals surface area contributed by atoms with Gasteiger partial charge in [0.15, 0.2) is 5.75 Å². The fourth-order valence-electron chi connectivity index (χ4n) is 1.41. The molecule has 0 spiro atoms. The third-order valence-corrected chi connectivity index (χ3v) is 2.34. The van der Waals surface area contributed by atoms with Gasteiger partial charge in [-0.2, -0.15) is 12.6 Å². The van der Waals surface area contributed by atoms with Crippen molar-refractivity contribution in [3.8, 4) is 11.5 Å². The van der Waals surface area contributed by atoms with Crippen molar-refractivity contribution in [2.75, 3.05) is 20.0 Å². The molecular formula is C10H13NO4S. The minimum Gasteiger partial charge on any atom is -0.493 e. The Labute approximate surface area is 98.9 Å². The number of methoxy groups -OCH3 is 2. The van der Waals surface area contributed by atoms with E-state index in [9.17, 15) is 10.1 Å². The molecule has 0 unspecified atom stereocenters. The van der Waals surface area contributed by atoms with Crippen molar-refractivity contribution in [1.29, 1.82) is 0 Å². The van der Waals surface area contributed by atoms with E-state index in [1.807, 2.05) is 0 Å². The highest BCUT2D eigenvalue weighted by Crippen LogP contribution is 2.37. The van der Waals surface area contributed by atoms with Crippen molar-refractivity contribution in [3.05, 3.63) is 27.8 Å². The molecule has 5 nitrogen and oxygen atoms in total. The summed E-state index contributed by atoms with van der Waals surface area (Å²) >= 11 is 4.09. The molecule has 0 saturated carbocycles. The molecule has 0 aromatic heterocycles. The van der Waals surface area contributed by atoms with E-state index < -0.39 is 4.92 Å². The van der Waals surface area contributed by atoms with Crippen molar-refractivity contribution in [2.45, 2.75) is 6.42 Å². The fraction of sp³-hybridized carbons (Fsp3) is 0.400. The summed E-state index contributed by atoms with van der Waals surface area (Å²) in [6.45, 7) is 0. The topological polar surface area (TPSA) is 61.6 Å². The Hall–Kier alpha value is -1.43. The highest BCUT2D eigenvalue weighted by molar-refractivity contribution is 7.80. The third-order valence-electron chi connectivity index (χ3n) is 2.12. The van der Waals surface area contributed by atoms with E-state index in [-0.39, 0.29) is 11.4 Å². The number of benzene rings is 1. The number of hydrogen-bond acceptors (Lipinski definition) is 5. The first kappa shape index (κ1) is 12.6. The monoisotopic (exact) mass is 243 g/mol. The van der Waals surface area contributed by atoms with Crippen molar-refractivity contribution in [1.82, 2.24) is 0 Å². The van der Waals surface area contributed by atoms with Gasteiger partial charge in [0.1, 0.15) is 0 Å². The number of nitro benzene ring substituents is 1. The Morgan fingerprint density at radius 2 is 2.06 bits per heavy atom. The van der Waals surface area contributed by atoms with E-state index in [2.05, 4.69) is 12.6 Å². The molecule has 1 aromatic carbocycles. The highest BCUT2D eigenvalue weighted by atomic mass is 32.1. The fourth-order valence-corrected chi connectivity index (χ4v) is 1.67. The smallest absolute Gasteiger partial charge is 0.315 e. The summed E-state index contributed by atoms with van der Waals surface area (Å²) in [6.07, 6.45) is 0.643. The van der Waals surface area contributed by atoms with E-state index in [1.165, 1.54) is 20.3 Å². The molecule has 6 heteroatoms. The lowest BCUT2D eigenvalue weighted by Gasteiger charge is -2.09. The molecule has 88 valence electrons. The van der Waals surface area contributed by atoms with Gasteiger partial charge in [0.25, 0.3) is 0 Å². The number of hydrogen-bond donors (Lipinski definition) is 1. The van der Waals surface area contributed by atoms with Crippen LogP contribution in [0.1, 0.15) is 5.56 Å². The number of aryl methyl sites for hydroxylation is 1. The third kappa shape index (κ3) is 2.57. The largest absolute Gasteiger partial charge is 0.493 e. The van der Waals surface area contributed by atoms with E-state index in [0.29, 0.717) is 17.9 Å². The Bertz CT molecular complexity index is 395. The molecule has 0 radical (unpaired) electrons. The van der Waals surface area contributed by atoms with Crippen molar-refractivity contribution in [3.63, 3.8) is 0 Å². The first-order chi connectivity index (χ1) is 7.63. The van der Waals surface area contributed by atoms with Crippen molar-refractivity contribution >= 4 is 18.3 Å². The predicted molar refractivity (Wildman–Crippen MR) is 63.8 cm³/mol. The molecular weight excluding hydrogens is 230 g/mol. The first-order valence-corrected chi connectivity index (χ1v) is 5.27. The van der Waals surface area contributed by atoms with Crippen LogP contribution >= 0.6 is 12.6 Å². The molecule has 0 aliphatic heterocycles. The van der Waals surface area contributed by atoms with Gasteiger partial charge in [-0.15, -0.1) is 0 Å². The Balaban J connectivity index is 3.31. The summed E-state index contributed by atoms with van der Waals surface area (Å²) in [5, 5.41) is 10.9. The second-order valence-corrected chi connectivity index (χ2v) is 3.53. The second-order valence-electron chi connectivity index (χ2n) is 3.08. The van der Waals surface area contributed by atoms with Crippen LogP contribution in [0, 0.1) is 10.1 Å². The number of thiol groups is 1. The zero-order chi connectivity index (χ0) is 12.1. The van der Waals surface area contributed by atoms with Crippen molar-refractivity contribution in [2.24, 2.45) is 0 Å². The predicted octanol–water partition coefficient (Wildman–Crippen LogP) is 2.08. The van der Waals surface area contributed by atoms with Crippen LogP contribution in [-0.2, 0) is 6.42 Å². The lowest BCUT2D eigenvalue weighted by molar-refractivity contribution is -0.385. The van der Waals surface area contributed by atoms with Crippen LogP contribution in [0.25, 0.3) is 0 Å². The molecule has 0 heterocycles. The van der Waals surface area contributed by atoms with E-state index >= 15 is 0 Å². The number of ether oxygens (including phenoxy) is 2. The maximum atomic E-state index is 10.9. The molecule has 0 fully saturated rings. The summed E-state index contributed by atoms with van der Waals surface area (Å²) in [7, 11) is 2.83. The Morgan fingerprint density at radius 1 is 1.38 bits per heavy atom. The minimum atomic E-state index is -0.483. The number of nitro groups is 1. The molecule has 0 aliphatic rings. The van der Waals surface area contributed by atoms with Crippen LogP contribution < -0.4 is 9.47 Å². The molecule has 16 heavy (non-hydrogen) atoms. The molecule has 0 amide bonds. The normalized spacial score (nSPS) is 9.94. The summed E-state index contributed by atoms with van der Waals surface area (Å²) in [4.78, 5) is 10.4. The van der Waals surface area contributed by atoms with Gasteiger partial charge in [-0.1, -0.05) is 0 Å². The lowest BCUT2D eigenvalue weighted by Crippen LogP contribution is -1.99. The zero-order valence-corrected chi connectivity index (χ0v) is 9.99. The highest BCUT2D eigenvalue weighted by Gasteiger charge is 2.21. The SMILES string of the molecule is COc1cc(CCS)cc([N+](=O)[O-])c1OC. The standard InChI is InChI=1S/C10H13NO4S/c1-14-9-6-7(3-4-16)5-8(11(12)13)10(9)15-2/h5-6,16H,3-4H2,1-2H3. The van der Waals surface area contributed by atoms with Gasteiger partial charge < -0.3 is 9.47 Å². The second kappa shape index (κ2) is 5.60. The average Bonchev–Trinajstić information content (AvgIpc) is 2.28. The van der Waals surface area contributed by atoms with E-state index in [4.69, 9.17) is 9.47 Å². The average molecular weight is 243 g/mol. The Kier molecular flexibility index (Phi) is 4.42. The Morgan fingerprint density at radius 3 is 2.50 bits per heavy atom. The summed E-state index contributed by atoms with van der Waals surface area (Å²) in [6, 6.07) is 3.21. The van der Waals surface area contributed by atoms with Gasteiger partial charge in [0.05, 0.1) is 19.1 Å². The van der Waals surface area contributed by atoms with Gasteiger partial charge in [0, 0.05) is 6.07 Å². The van der Waals surface area contributed by atoms with Crippen molar-refractivity contribution < 1.29 is 14.4 Å². The molecule has 0 atom stereocenters. The van der Waals surface area contributed by atoms with E-state index in [0.717, 1.165) is 5.56 Å². The molecule has 0 saturated heterocycles. The maximum Gasteiger partial charge on any atom is 0.315 e. The molecule has 0 bridgehead atoms. The maximum absolute atomic E-state index is 10.9. The quantitative estimate of drug-likeness (QED) is 0.488. The minimum absolute atomic E-state index is 0.0846. The lowest BCUT2D eigenvalue weighted by atomic mass is 10.1. The van der Waals surface area contributed by atoms with Crippen LogP contribution in [0.4, 0.5) is 5.69 Å². The summed E-state index contributed by atoms with van der Waals surface area (Å²) in [5.74, 6) is 1.14. The summed E-state index contributed by atoms with van der Waals surface area (Å²) < 4.78 is 10.0. The number of rotatable bonds is 5. The molecule has 0 aliphatic carbocycles. The first-order valence-electron chi connectivity index (χ1n) is 4.64.